The monoisotopic (exact) mass is 216 g/mol. The molecular weight excluding hydrogens is 200 g/mol. The van der Waals surface area contributed by atoms with E-state index in [1.54, 1.807) is 12.5 Å². The molecule has 1 atom stereocenters. The second kappa shape index (κ2) is 4.06. The molecule has 0 aliphatic heterocycles. The quantitative estimate of drug-likeness (QED) is 0.834. The average molecular weight is 216 g/mol. The van der Waals surface area contributed by atoms with E-state index in [0.717, 1.165) is 22.8 Å². The number of imidazole rings is 1. The maximum atomic E-state index is 5.90. The fourth-order valence-corrected chi connectivity index (χ4v) is 1.78. The van der Waals surface area contributed by atoms with Gasteiger partial charge in [-0.25, -0.2) is 4.98 Å². The molecule has 0 aliphatic carbocycles. The minimum Gasteiger partial charge on any atom is -0.323 e. The van der Waals surface area contributed by atoms with E-state index in [9.17, 15) is 0 Å². The van der Waals surface area contributed by atoms with Crippen molar-refractivity contribution >= 4 is 0 Å². The third-order valence-electron chi connectivity index (χ3n) is 2.59. The van der Waals surface area contributed by atoms with Crippen LogP contribution in [0, 0.1) is 13.8 Å². The summed E-state index contributed by atoms with van der Waals surface area (Å²) < 4.78 is 1.99. The predicted octanol–water partition coefficient (Wildman–Crippen LogP) is 1.90. The fraction of sp³-hybridized carbons (Fsp3) is 0.333. The Bertz CT molecular complexity index is 499. The van der Waals surface area contributed by atoms with Crippen LogP contribution in [0.2, 0.25) is 0 Å². The van der Waals surface area contributed by atoms with E-state index >= 15 is 0 Å². The molecular formula is C12H16N4. The van der Waals surface area contributed by atoms with Gasteiger partial charge < -0.3 is 5.73 Å². The average Bonchev–Trinajstić information content (AvgIpc) is 2.66. The lowest BCUT2D eigenvalue weighted by molar-refractivity contribution is 0.749. The van der Waals surface area contributed by atoms with Crippen molar-refractivity contribution in [2.24, 2.45) is 5.73 Å². The van der Waals surface area contributed by atoms with Crippen LogP contribution in [0.15, 0.2) is 24.7 Å². The van der Waals surface area contributed by atoms with E-state index in [2.05, 4.69) is 9.97 Å². The van der Waals surface area contributed by atoms with Gasteiger partial charge in [0.05, 0.1) is 29.6 Å². The van der Waals surface area contributed by atoms with Crippen molar-refractivity contribution in [3.05, 3.63) is 41.7 Å². The number of pyridine rings is 1. The van der Waals surface area contributed by atoms with Gasteiger partial charge >= 0.3 is 0 Å². The lowest BCUT2D eigenvalue weighted by Crippen LogP contribution is -2.11. The molecule has 4 heteroatoms. The Morgan fingerprint density at radius 3 is 2.69 bits per heavy atom. The summed E-state index contributed by atoms with van der Waals surface area (Å²) in [5, 5.41) is 0. The minimum absolute atomic E-state index is 0.0387. The zero-order chi connectivity index (χ0) is 11.7. The molecule has 2 aromatic heterocycles. The number of rotatable bonds is 2. The number of aromatic nitrogens is 3. The molecule has 0 amide bonds. The molecule has 0 saturated carbocycles. The van der Waals surface area contributed by atoms with Crippen LogP contribution in [0.25, 0.3) is 5.69 Å². The first-order valence-electron chi connectivity index (χ1n) is 5.32. The molecule has 0 fully saturated rings. The summed E-state index contributed by atoms with van der Waals surface area (Å²) in [5.41, 5.74) is 9.93. The largest absolute Gasteiger partial charge is 0.323 e. The zero-order valence-electron chi connectivity index (χ0n) is 9.81. The molecule has 2 N–H and O–H groups in total. The van der Waals surface area contributed by atoms with Gasteiger partial charge in [0, 0.05) is 11.7 Å². The molecule has 2 aromatic rings. The molecule has 0 spiro atoms. The highest BCUT2D eigenvalue weighted by molar-refractivity contribution is 5.38. The van der Waals surface area contributed by atoms with Crippen molar-refractivity contribution in [1.29, 1.82) is 0 Å². The van der Waals surface area contributed by atoms with Gasteiger partial charge in [0.25, 0.3) is 0 Å². The zero-order valence-corrected chi connectivity index (χ0v) is 9.81. The smallest absolute Gasteiger partial charge is 0.0995 e. The Hall–Kier alpha value is -1.68. The van der Waals surface area contributed by atoms with Gasteiger partial charge in [-0.3, -0.25) is 9.55 Å². The number of hydrogen-bond acceptors (Lipinski definition) is 3. The number of hydrogen-bond donors (Lipinski definition) is 1. The van der Waals surface area contributed by atoms with E-state index in [1.165, 1.54) is 0 Å². The van der Waals surface area contributed by atoms with Crippen LogP contribution in [0.5, 0.6) is 0 Å². The number of nitrogens with zero attached hydrogens (tertiary/aromatic N) is 3. The summed E-state index contributed by atoms with van der Waals surface area (Å²) >= 11 is 0. The maximum absolute atomic E-state index is 5.90. The highest BCUT2D eigenvalue weighted by Gasteiger charge is 2.10. The first-order valence-corrected chi connectivity index (χ1v) is 5.32. The number of aryl methyl sites for hydroxylation is 2. The van der Waals surface area contributed by atoms with Crippen LogP contribution >= 0.6 is 0 Å². The molecule has 0 radical (unpaired) electrons. The Morgan fingerprint density at radius 1 is 1.31 bits per heavy atom. The molecule has 2 heterocycles. The maximum Gasteiger partial charge on any atom is 0.0995 e. The summed E-state index contributed by atoms with van der Waals surface area (Å²) in [5.74, 6) is 0. The number of nitrogens with two attached hydrogens (primary N) is 1. The van der Waals surface area contributed by atoms with Crippen LogP contribution in [0.3, 0.4) is 0 Å². The molecule has 4 nitrogen and oxygen atoms in total. The topological polar surface area (TPSA) is 56.7 Å². The molecule has 0 unspecified atom stereocenters. The predicted molar refractivity (Wildman–Crippen MR) is 63.4 cm³/mol. The highest BCUT2D eigenvalue weighted by Crippen LogP contribution is 2.18. The third-order valence-corrected chi connectivity index (χ3v) is 2.59. The first-order chi connectivity index (χ1) is 7.59. The van der Waals surface area contributed by atoms with E-state index in [-0.39, 0.29) is 6.04 Å². The SMILES string of the molecule is Cc1ccc(-n2cncc2[C@@H](C)N)c(C)n1. The molecule has 0 bridgehead atoms. The van der Waals surface area contributed by atoms with Gasteiger partial charge in [-0.2, -0.15) is 0 Å². The molecule has 0 saturated heterocycles. The van der Waals surface area contributed by atoms with Crippen LogP contribution in [0.4, 0.5) is 0 Å². The summed E-state index contributed by atoms with van der Waals surface area (Å²) in [4.78, 5) is 8.58. The minimum atomic E-state index is -0.0387. The van der Waals surface area contributed by atoms with Crippen molar-refractivity contribution < 1.29 is 0 Å². The van der Waals surface area contributed by atoms with Crippen molar-refractivity contribution in [2.75, 3.05) is 0 Å². The Morgan fingerprint density at radius 2 is 2.06 bits per heavy atom. The summed E-state index contributed by atoms with van der Waals surface area (Å²) in [7, 11) is 0. The van der Waals surface area contributed by atoms with Crippen molar-refractivity contribution in [1.82, 2.24) is 14.5 Å². The normalized spacial score (nSPS) is 12.8. The molecule has 0 aromatic carbocycles. The van der Waals surface area contributed by atoms with Gasteiger partial charge in [-0.05, 0) is 32.9 Å². The van der Waals surface area contributed by atoms with Gasteiger partial charge in [-0.1, -0.05) is 0 Å². The van der Waals surface area contributed by atoms with Crippen molar-refractivity contribution in [3.63, 3.8) is 0 Å². The van der Waals surface area contributed by atoms with Crippen molar-refractivity contribution in [3.8, 4) is 5.69 Å². The Balaban J connectivity index is 2.54. The van der Waals surface area contributed by atoms with E-state index in [4.69, 9.17) is 5.73 Å². The van der Waals surface area contributed by atoms with E-state index in [0.29, 0.717) is 0 Å². The lowest BCUT2D eigenvalue weighted by atomic mass is 10.2. The van der Waals surface area contributed by atoms with E-state index in [1.807, 2.05) is 37.5 Å². The van der Waals surface area contributed by atoms with Gasteiger partial charge in [0.2, 0.25) is 0 Å². The Kier molecular flexibility index (Phi) is 2.75. The Labute approximate surface area is 95.1 Å². The summed E-state index contributed by atoms with van der Waals surface area (Å²) in [6, 6.07) is 4.00. The first kappa shape index (κ1) is 10.8. The highest BCUT2D eigenvalue weighted by atomic mass is 15.1. The van der Waals surface area contributed by atoms with Gasteiger partial charge in [0.15, 0.2) is 0 Å². The van der Waals surface area contributed by atoms with Crippen LogP contribution < -0.4 is 5.73 Å². The van der Waals surface area contributed by atoms with Gasteiger partial charge in [-0.15, -0.1) is 0 Å². The molecule has 0 aliphatic rings. The lowest BCUT2D eigenvalue weighted by Gasteiger charge is -2.12. The molecule has 84 valence electrons. The second-order valence-electron chi connectivity index (χ2n) is 4.03. The third kappa shape index (κ3) is 1.84. The van der Waals surface area contributed by atoms with Crippen LogP contribution in [-0.4, -0.2) is 14.5 Å². The van der Waals surface area contributed by atoms with E-state index < -0.39 is 0 Å². The molecule has 16 heavy (non-hydrogen) atoms. The van der Waals surface area contributed by atoms with Crippen LogP contribution in [0.1, 0.15) is 30.0 Å². The fourth-order valence-electron chi connectivity index (χ4n) is 1.78. The van der Waals surface area contributed by atoms with Crippen molar-refractivity contribution in [2.45, 2.75) is 26.8 Å². The summed E-state index contributed by atoms with van der Waals surface area (Å²) in [6.07, 6.45) is 3.57. The van der Waals surface area contributed by atoms with Crippen LogP contribution in [-0.2, 0) is 0 Å². The standard InChI is InChI=1S/C12H16N4/c1-8-4-5-11(10(3)15-8)16-7-14-6-12(16)9(2)13/h4-7,9H,13H2,1-3H3/t9-/m1/s1. The molecule has 2 rings (SSSR count). The van der Waals surface area contributed by atoms with Gasteiger partial charge in [0.1, 0.15) is 0 Å². The second-order valence-corrected chi connectivity index (χ2v) is 4.03. The summed E-state index contributed by atoms with van der Waals surface area (Å²) in [6.45, 7) is 5.93.